The van der Waals surface area contributed by atoms with Crippen molar-refractivity contribution in [1.29, 1.82) is 0 Å². The number of benzene rings is 1. The van der Waals surface area contributed by atoms with Crippen LogP contribution in [0.2, 0.25) is 0 Å². The van der Waals surface area contributed by atoms with Gasteiger partial charge in [-0.05, 0) is 57.0 Å². The summed E-state index contributed by atoms with van der Waals surface area (Å²) in [7, 11) is 1.59. The largest absolute Gasteiger partial charge is 0.497 e. The number of hydrogen-bond donors (Lipinski definition) is 2. The summed E-state index contributed by atoms with van der Waals surface area (Å²) in [6.45, 7) is 4.59. The molecule has 1 aromatic carbocycles. The number of anilines is 2. The lowest BCUT2D eigenvalue weighted by Gasteiger charge is -2.24. The topological polar surface area (TPSA) is 101 Å². The number of rotatable bonds is 5. The Hall–Kier alpha value is -3.62. The zero-order valence-electron chi connectivity index (χ0n) is 17.8. The van der Waals surface area contributed by atoms with Crippen LogP contribution in [-0.4, -0.2) is 51.3 Å². The number of ether oxygens (including phenoxy) is 1. The molecule has 1 fully saturated rings. The van der Waals surface area contributed by atoms with Crippen LogP contribution in [0.15, 0.2) is 42.7 Å². The zero-order valence-corrected chi connectivity index (χ0v) is 17.8. The molecule has 0 spiro atoms. The molecule has 9 heteroatoms. The number of urea groups is 1. The molecule has 2 N–H and O–H groups in total. The first-order chi connectivity index (χ1) is 15.0. The maximum absolute atomic E-state index is 12.9. The number of amides is 3. The fourth-order valence-electron chi connectivity index (χ4n) is 3.76. The van der Waals surface area contributed by atoms with Gasteiger partial charge in [0, 0.05) is 23.7 Å². The average Bonchev–Trinajstić information content (AvgIpc) is 3.41. The van der Waals surface area contributed by atoms with Gasteiger partial charge in [-0.1, -0.05) is 0 Å². The van der Waals surface area contributed by atoms with Crippen LogP contribution >= 0.6 is 0 Å². The predicted molar refractivity (Wildman–Crippen MR) is 118 cm³/mol. The maximum Gasteiger partial charge on any atom is 0.322 e. The van der Waals surface area contributed by atoms with Gasteiger partial charge < -0.3 is 20.3 Å². The maximum atomic E-state index is 12.9. The second-order valence-corrected chi connectivity index (χ2v) is 7.82. The number of nitrogens with zero attached hydrogens (tertiary/aromatic N) is 4. The van der Waals surface area contributed by atoms with Gasteiger partial charge in [-0.2, -0.15) is 5.10 Å². The van der Waals surface area contributed by atoms with E-state index in [1.165, 1.54) is 0 Å². The van der Waals surface area contributed by atoms with Crippen LogP contribution in [0.25, 0.3) is 11.0 Å². The van der Waals surface area contributed by atoms with Crippen molar-refractivity contribution in [2.24, 2.45) is 0 Å². The molecule has 1 saturated heterocycles. The molecule has 9 nitrogen and oxygen atoms in total. The molecular formula is C22H26N6O3. The van der Waals surface area contributed by atoms with Crippen LogP contribution in [0.4, 0.5) is 16.2 Å². The summed E-state index contributed by atoms with van der Waals surface area (Å²) in [6.07, 6.45) is 4.74. The molecule has 3 amide bonds. The van der Waals surface area contributed by atoms with Crippen LogP contribution in [0.1, 0.15) is 32.7 Å². The van der Waals surface area contributed by atoms with Gasteiger partial charge in [0.05, 0.1) is 25.2 Å². The molecule has 3 aromatic rings. The Bertz CT molecular complexity index is 1090. The Morgan fingerprint density at radius 3 is 2.61 bits per heavy atom. The van der Waals surface area contributed by atoms with Crippen molar-refractivity contribution in [3.05, 3.63) is 42.7 Å². The number of aromatic nitrogens is 3. The third-order valence-corrected chi connectivity index (χ3v) is 5.35. The summed E-state index contributed by atoms with van der Waals surface area (Å²) in [5.41, 5.74) is 2.00. The molecule has 0 unspecified atom stereocenters. The Morgan fingerprint density at radius 2 is 1.90 bits per heavy atom. The number of fused-ring (bicyclic) bond motifs is 1. The van der Waals surface area contributed by atoms with Crippen molar-refractivity contribution < 1.29 is 14.3 Å². The van der Waals surface area contributed by atoms with E-state index in [2.05, 4.69) is 20.7 Å². The van der Waals surface area contributed by atoms with Gasteiger partial charge in [0.25, 0.3) is 0 Å². The highest BCUT2D eigenvalue weighted by atomic mass is 16.5. The van der Waals surface area contributed by atoms with Crippen molar-refractivity contribution in [2.75, 3.05) is 24.3 Å². The Labute approximate surface area is 180 Å². The first kappa shape index (κ1) is 20.6. The van der Waals surface area contributed by atoms with Crippen molar-refractivity contribution in [3.63, 3.8) is 0 Å². The molecule has 4 rings (SSSR count). The van der Waals surface area contributed by atoms with E-state index in [0.717, 1.165) is 17.5 Å². The van der Waals surface area contributed by atoms with Crippen LogP contribution < -0.4 is 15.4 Å². The molecule has 3 heterocycles. The Morgan fingerprint density at radius 1 is 1.13 bits per heavy atom. The van der Waals surface area contributed by atoms with Crippen LogP contribution in [0.5, 0.6) is 5.75 Å². The summed E-state index contributed by atoms with van der Waals surface area (Å²) in [4.78, 5) is 31.7. The monoisotopic (exact) mass is 422 g/mol. The summed E-state index contributed by atoms with van der Waals surface area (Å²) in [6, 6.07) is 8.29. The van der Waals surface area contributed by atoms with E-state index in [-0.39, 0.29) is 18.0 Å². The lowest BCUT2D eigenvalue weighted by Crippen LogP contribution is -2.45. The third-order valence-electron chi connectivity index (χ3n) is 5.35. The lowest BCUT2D eigenvalue weighted by atomic mass is 10.2. The first-order valence-electron chi connectivity index (χ1n) is 10.3. The number of likely N-dealkylation sites (tertiary alicyclic amines) is 1. The molecule has 1 aliphatic rings. The quantitative estimate of drug-likeness (QED) is 0.653. The van der Waals surface area contributed by atoms with Crippen molar-refractivity contribution >= 4 is 34.3 Å². The molecule has 0 aliphatic carbocycles. The highest BCUT2D eigenvalue weighted by Gasteiger charge is 2.34. The van der Waals surface area contributed by atoms with Crippen molar-refractivity contribution in [3.8, 4) is 5.75 Å². The summed E-state index contributed by atoms with van der Waals surface area (Å²) in [5, 5.41) is 10.9. The molecule has 0 bridgehead atoms. The third kappa shape index (κ3) is 4.30. The van der Waals surface area contributed by atoms with E-state index in [1.54, 1.807) is 48.7 Å². The summed E-state index contributed by atoms with van der Waals surface area (Å²) < 4.78 is 6.97. The minimum absolute atomic E-state index is 0.194. The van der Waals surface area contributed by atoms with E-state index in [9.17, 15) is 9.59 Å². The summed E-state index contributed by atoms with van der Waals surface area (Å²) >= 11 is 0. The van der Waals surface area contributed by atoms with Gasteiger partial charge in [0.1, 0.15) is 11.8 Å². The lowest BCUT2D eigenvalue weighted by molar-refractivity contribution is -0.119. The molecule has 2 aromatic heterocycles. The molecule has 0 saturated carbocycles. The van der Waals surface area contributed by atoms with Gasteiger partial charge >= 0.3 is 6.03 Å². The SMILES string of the molecule is COc1ccc(NC(=O)[C@@H]2CCCN2C(=O)Nc2cnc3c(cnn3C(C)C)c2)cc1. The second-order valence-electron chi connectivity index (χ2n) is 7.82. The number of carbonyl (C=O) groups is 2. The van der Waals surface area contributed by atoms with Gasteiger partial charge in [0.15, 0.2) is 5.65 Å². The van der Waals surface area contributed by atoms with Gasteiger partial charge in [-0.25, -0.2) is 14.5 Å². The Kier molecular flexibility index (Phi) is 5.75. The van der Waals surface area contributed by atoms with Crippen molar-refractivity contribution in [1.82, 2.24) is 19.7 Å². The normalized spacial score (nSPS) is 16.0. The van der Waals surface area contributed by atoms with E-state index < -0.39 is 6.04 Å². The smallest absolute Gasteiger partial charge is 0.322 e. The second kappa shape index (κ2) is 8.63. The Balaban J connectivity index is 1.43. The molecular weight excluding hydrogens is 396 g/mol. The van der Waals surface area contributed by atoms with Crippen LogP contribution in [0, 0.1) is 0 Å². The fraction of sp³-hybridized carbons (Fsp3) is 0.364. The number of nitrogens with one attached hydrogen (secondary N) is 2. The number of hydrogen-bond acceptors (Lipinski definition) is 5. The molecule has 1 aliphatic heterocycles. The minimum Gasteiger partial charge on any atom is -0.497 e. The number of pyridine rings is 1. The van der Waals surface area contributed by atoms with Gasteiger partial charge in [-0.3, -0.25) is 4.79 Å². The molecule has 31 heavy (non-hydrogen) atoms. The highest BCUT2D eigenvalue weighted by molar-refractivity contribution is 6.00. The predicted octanol–water partition coefficient (Wildman–Crippen LogP) is 3.66. The molecule has 162 valence electrons. The summed E-state index contributed by atoms with van der Waals surface area (Å²) in [5.74, 6) is 0.508. The standard InChI is InChI=1S/C22H26N6O3/c1-14(2)28-20-15(12-24-28)11-17(13-23-20)26-22(30)27-10-4-5-19(27)21(29)25-16-6-8-18(31-3)9-7-16/h6-9,11-14,19H,4-5,10H2,1-3H3,(H,25,29)(H,26,30)/t19-/m0/s1. The van der Waals surface area contributed by atoms with Gasteiger partial charge in [-0.15, -0.1) is 0 Å². The fourth-order valence-corrected chi connectivity index (χ4v) is 3.76. The zero-order chi connectivity index (χ0) is 22.0. The van der Waals surface area contributed by atoms with E-state index in [0.29, 0.717) is 30.1 Å². The average molecular weight is 422 g/mol. The number of methoxy groups -OCH3 is 1. The van der Waals surface area contributed by atoms with Gasteiger partial charge in [0.2, 0.25) is 5.91 Å². The highest BCUT2D eigenvalue weighted by Crippen LogP contribution is 2.23. The first-order valence-corrected chi connectivity index (χ1v) is 10.3. The van der Waals surface area contributed by atoms with Crippen molar-refractivity contribution in [2.45, 2.75) is 38.8 Å². The van der Waals surface area contributed by atoms with E-state index >= 15 is 0 Å². The number of carbonyl (C=O) groups excluding carboxylic acids is 2. The van der Waals surface area contributed by atoms with E-state index in [4.69, 9.17) is 4.74 Å². The minimum atomic E-state index is -0.525. The van der Waals surface area contributed by atoms with Crippen LogP contribution in [0.3, 0.4) is 0 Å². The van der Waals surface area contributed by atoms with Crippen LogP contribution in [-0.2, 0) is 4.79 Å². The molecule has 0 radical (unpaired) electrons. The van der Waals surface area contributed by atoms with E-state index in [1.807, 2.05) is 24.6 Å². The molecule has 1 atom stereocenters.